The number of imide groups is 1. The summed E-state index contributed by atoms with van der Waals surface area (Å²) in [7, 11) is -3.79. The molecule has 2 aromatic rings. The molecule has 2 aliphatic rings. The molecule has 1 saturated heterocycles. The molecule has 160 valence electrons. The second-order valence-corrected chi connectivity index (χ2v) is 9.00. The molecule has 1 aliphatic carbocycles. The molecule has 0 unspecified atom stereocenters. The van der Waals surface area contributed by atoms with Crippen LogP contribution < -0.4 is 14.8 Å². The summed E-state index contributed by atoms with van der Waals surface area (Å²) in [5.74, 6) is 0.717. The van der Waals surface area contributed by atoms with Crippen LogP contribution in [0, 0.1) is 0 Å². The highest BCUT2D eigenvalue weighted by molar-refractivity contribution is 7.89. The first-order valence-electron chi connectivity index (χ1n) is 9.64. The Kier molecular flexibility index (Phi) is 5.68. The van der Waals surface area contributed by atoms with E-state index >= 15 is 0 Å². The third kappa shape index (κ3) is 4.76. The van der Waals surface area contributed by atoms with E-state index in [0.717, 1.165) is 25.7 Å². The molecule has 1 aliphatic heterocycles. The topological polar surface area (TPSA) is 146 Å². The average Bonchev–Trinajstić information content (AvgIpc) is 3.44. The number of nitrogens with one attached hydrogen (secondary N) is 3. The summed E-state index contributed by atoms with van der Waals surface area (Å²) in [5, 5.41) is 8.77. The maximum Gasteiger partial charge on any atom is 0.324 e. The van der Waals surface area contributed by atoms with Crippen molar-refractivity contribution in [1.29, 1.82) is 0 Å². The first-order chi connectivity index (χ1) is 14.4. The lowest BCUT2D eigenvalue weighted by atomic mass is 10.3. The molecule has 3 amide bonds. The normalized spacial score (nSPS) is 17.5. The van der Waals surface area contributed by atoms with Crippen molar-refractivity contribution in [2.45, 2.75) is 49.8 Å². The van der Waals surface area contributed by atoms with Gasteiger partial charge in [0.15, 0.2) is 5.82 Å². The number of H-pyrrole nitrogens is 1. The number of sulfonamides is 1. The summed E-state index contributed by atoms with van der Waals surface area (Å²) in [5.41, 5.74) is 0. The van der Waals surface area contributed by atoms with Crippen LogP contribution in [0.5, 0.6) is 5.75 Å². The van der Waals surface area contributed by atoms with Gasteiger partial charge in [-0.25, -0.2) is 22.9 Å². The van der Waals surface area contributed by atoms with Gasteiger partial charge in [-0.2, -0.15) is 5.10 Å². The van der Waals surface area contributed by atoms with Crippen LogP contribution in [-0.4, -0.2) is 53.1 Å². The van der Waals surface area contributed by atoms with E-state index < -0.39 is 16.1 Å². The Bertz CT molecular complexity index is 1050. The van der Waals surface area contributed by atoms with Gasteiger partial charge in [0, 0.05) is 6.07 Å². The number of hydrogen-bond donors (Lipinski definition) is 3. The highest BCUT2D eigenvalue weighted by Crippen LogP contribution is 2.25. The lowest BCUT2D eigenvalue weighted by Crippen LogP contribution is -2.28. The number of urea groups is 1. The number of benzene rings is 1. The second-order valence-electron chi connectivity index (χ2n) is 7.23. The number of aromatic amines is 1. The first kappa shape index (κ1) is 20.3. The molecule has 4 rings (SSSR count). The van der Waals surface area contributed by atoms with Crippen LogP contribution in [0.2, 0.25) is 0 Å². The lowest BCUT2D eigenvalue weighted by Gasteiger charge is -2.14. The molecule has 1 saturated carbocycles. The fraction of sp³-hybridized carbons (Fsp3) is 0.444. The minimum Gasteiger partial charge on any atom is -0.490 e. The van der Waals surface area contributed by atoms with Crippen molar-refractivity contribution in [1.82, 2.24) is 30.1 Å². The van der Waals surface area contributed by atoms with Crippen LogP contribution in [0.25, 0.3) is 0 Å². The van der Waals surface area contributed by atoms with Crippen molar-refractivity contribution < 1.29 is 22.7 Å². The van der Waals surface area contributed by atoms with Gasteiger partial charge in [-0.05, 0) is 37.8 Å². The van der Waals surface area contributed by atoms with Crippen LogP contribution in [-0.2, 0) is 27.9 Å². The predicted molar refractivity (Wildman–Crippen MR) is 104 cm³/mol. The smallest absolute Gasteiger partial charge is 0.324 e. The molecule has 2 heterocycles. The molecule has 0 radical (unpaired) electrons. The number of nitrogens with zero attached hydrogens (tertiary/aromatic N) is 3. The van der Waals surface area contributed by atoms with Crippen molar-refractivity contribution in [3.05, 3.63) is 35.9 Å². The van der Waals surface area contributed by atoms with Gasteiger partial charge in [-0.1, -0.05) is 6.07 Å². The Morgan fingerprint density at radius 3 is 2.77 bits per heavy atom. The van der Waals surface area contributed by atoms with Gasteiger partial charge in [-0.15, -0.1) is 0 Å². The Morgan fingerprint density at radius 1 is 1.23 bits per heavy atom. The summed E-state index contributed by atoms with van der Waals surface area (Å²) < 4.78 is 33.6. The van der Waals surface area contributed by atoms with Gasteiger partial charge in [0.2, 0.25) is 15.9 Å². The Labute approximate surface area is 173 Å². The van der Waals surface area contributed by atoms with Crippen LogP contribution in [0.3, 0.4) is 0 Å². The quantitative estimate of drug-likeness (QED) is 0.517. The number of hydrogen-bond acceptors (Lipinski definition) is 7. The minimum atomic E-state index is -3.79. The number of ether oxygens (including phenoxy) is 1. The van der Waals surface area contributed by atoms with E-state index in [4.69, 9.17) is 4.74 Å². The molecular formula is C18H22N6O5S. The molecule has 0 atom stereocenters. The number of rotatable bonds is 8. The van der Waals surface area contributed by atoms with E-state index in [1.807, 2.05) is 0 Å². The molecule has 11 nitrogen and oxygen atoms in total. The van der Waals surface area contributed by atoms with Crippen LogP contribution in [0.1, 0.15) is 37.3 Å². The molecular weight excluding hydrogens is 412 g/mol. The van der Waals surface area contributed by atoms with Crippen LogP contribution in [0.15, 0.2) is 29.2 Å². The van der Waals surface area contributed by atoms with Crippen molar-refractivity contribution in [2.24, 2.45) is 0 Å². The Hall–Kier alpha value is -2.99. The van der Waals surface area contributed by atoms with Gasteiger partial charge in [-0.3, -0.25) is 15.2 Å². The summed E-state index contributed by atoms with van der Waals surface area (Å²) in [6.45, 7) is -0.115. The Morgan fingerprint density at radius 2 is 2.03 bits per heavy atom. The fourth-order valence-electron chi connectivity index (χ4n) is 3.43. The number of aromatic nitrogens is 3. The van der Waals surface area contributed by atoms with Gasteiger partial charge in [0.05, 0.1) is 24.1 Å². The zero-order chi connectivity index (χ0) is 21.1. The summed E-state index contributed by atoms with van der Waals surface area (Å²) in [6.07, 6.45) is 4.35. The van der Waals surface area contributed by atoms with Gasteiger partial charge < -0.3 is 9.64 Å². The van der Waals surface area contributed by atoms with Crippen molar-refractivity contribution >= 4 is 22.0 Å². The maximum absolute atomic E-state index is 12.6. The highest BCUT2D eigenvalue weighted by atomic mass is 32.2. The van der Waals surface area contributed by atoms with E-state index in [1.54, 1.807) is 12.1 Å². The summed E-state index contributed by atoms with van der Waals surface area (Å²) >= 11 is 0. The van der Waals surface area contributed by atoms with Crippen molar-refractivity contribution in [2.75, 3.05) is 6.54 Å². The van der Waals surface area contributed by atoms with Gasteiger partial charge >= 0.3 is 6.03 Å². The minimum absolute atomic E-state index is 0.0548. The van der Waals surface area contributed by atoms with Crippen molar-refractivity contribution in [3.63, 3.8) is 0 Å². The van der Waals surface area contributed by atoms with Gasteiger partial charge in [0.25, 0.3) is 0 Å². The highest BCUT2D eigenvalue weighted by Gasteiger charge is 2.27. The Balaban J connectivity index is 1.35. The fourth-order valence-corrected chi connectivity index (χ4v) is 4.45. The predicted octanol–water partition coefficient (Wildman–Crippen LogP) is 0.656. The molecule has 1 aromatic carbocycles. The van der Waals surface area contributed by atoms with Crippen LogP contribution in [0.4, 0.5) is 4.79 Å². The molecule has 0 bridgehead atoms. The number of carbonyl (C=O) groups excluding carboxylic acids is 2. The molecule has 12 heteroatoms. The third-order valence-electron chi connectivity index (χ3n) is 4.93. The van der Waals surface area contributed by atoms with Crippen molar-refractivity contribution in [3.8, 4) is 5.75 Å². The van der Waals surface area contributed by atoms with Crippen LogP contribution >= 0.6 is 0 Å². The second kappa shape index (κ2) is 8.40. The van der Waals surface area contributed by atoms with E-state index in [2.05, 4.69) is 25.2 Å². The average molecular weight is 434 g/mol. The monoisotopic (exact) mass is 434 g/mol. The summed E-state index contributed by atoms with van der Waals surface area (Å²) in [4.78, 5) is 28.3. The van der Waals surface area contributed by atoms with E-state index in [9.17, 15) is 18.0 Å². The zero-order valence-corrected chi connectivity index (χ0v) is 16.9. The molecule has 1 aromatic heterocycles. The van der Waals surface area contributed by atoms with E-state index in [1.165, 1.54) is 17.0 Å². The summed E-state index contributed by atoms with van der Waals surface area (Å²) in [6, 6.07) is 5.89. The third-order valence-corrected chi connectivity index (χ3v) is 6.33. The number of amides is 3. The number of carbonyl (C=O) groups is 2. The first-order valence-corrected chi connectivity index (χ1v) is 11.1. The standard InChI is InChI=1S/C18H22N6O5S/c25-17-11-24(18(26)21-17)10-16-20-15(22-23-16)9-19-30(27,28)14-7-3-6-13(8-14)29-12-4-1-2-5-12/h3,6-8,12,19H,1-2,4-5,9-11H2,(H,20,22,23)(H,21,25,26). The van der Waals surface area contributed by atoms with E-state index in [-0.39, 0.29) is 42.4 Å². The molecule has 30 heavy (non-hydrogen) atoms. The maximum atomic E-state index is 12.6. The largest absolute Gasteiger partial charge is 0.490 e. The lowest BCUT2D eigenvalue weighted by molar-refractivity contribution is -0.118. The zero-order valence-electron chi connectivity index (χ0n) is 16.1. The molecule has 2 fully saturated rings. The molecule has 3 N–H and O–H groups in total. The SMILES string of the molecule is O=C1CN(Cc2nc(CNS(=O)(=O)c3cccc(OC4CCCC4)c3)n[nH]2)C(=O)N1. The van der Waals surface area contributed by atoms with Gasteiger partial charge in [0.1, 0.15) is 18.1 Å². The molecule has 0 spiro atoms. The van der Waals surface area contributed by atoms with E-state index in [0.29, 0.717) is 11.6 Å².